The lowest BCUT2D eigenvalue weighted by atomic mass is 9.90. The van der Waals surface area contributed by atoms with E-state index in [9.17, 15) is 15.4 Å². The second-order valence-electron chi connectivity index (χ2n) is 5.53. The summed E-state index contributed by atoms with van der Waals surface area (Å²) < 4.78 is 1.25. The van der Waals surface area contributed by atoms with Crippen LogP contribution in [0.15, 0.2) is 24.3 Å². The molecule has 0 aliphatic carbocycles. The van der Waals surface area contributed by atoms with Gasteiger partial charge in [0.15, 0.2) is 5.15 Å². The molecule has 0 spiro atoms. The molecule has 0 N–H and O–H groups in total. The molecule has 1 aromatic carbocycles. The lowest BCUT2D eigenvalue weighted by Gasteiger charge is -2.15. The molecular formula is C14H13ClN4O2. The highest BCUT2D eigenvalue weighted by Crippen LogP contribution is 2.33. The van der Waals surface area contributed by atoms with Gasteiger partial charge >= 0.3 is 0 Å². The first-order valence-electron chi connectivity index (χ1n) is 6.20. The number of para-hydroxylation sites is 2. The topological polar surface area (TPSA) is 84.8 Å². The Morgan fingerprint density at radius 3 is 2.48 bits per heavy atom. The van der Waals surface area contributed by atoms with Crippen LogP contribution in [-0.4, -0.2) is 14.7 Å². The van der Waals surface area contributed by atoms with Gasteiger partial charge in [-0.3, -0.25) is 10.1 Å². The maximum absolute atomic E-state index is 11.1. The first kappa shape index (κ1) is 15.0. The van der Waals surface area contributed by atoms with Gasteiger partial charge in [-0.2, -0.15) is 10.4 Å². The molecule has 0 atom stereocenters. The Balaban J connectivity index is 2.76. The fourth-order valence-corrected chi connectivity index (χ4v) is 2.24. The molecule has 1 heterocycles. The number of aromatic nitrogens is 2. The van der Waals surface area contributed by atoms with Crippen LogP contribution in [0.3, 0.4) is 0 Å². The molecule has 7 heteroatoms. The molecule has 2 aromatic rings. The summed E-state index contributed by atoms with van der Waals surface area (Å²) in [4.78, 5) is 10.6. The number of hydrogen-bond donors (Lipinski definition) is 0. The summed E-state index contributed by atoms with van der Waals surface area (Å²) in [6, 6.07) is 8.16. The zero-order valence-corrected chi connectivity index (χ0v) is 12.5. The summed E-state index contributed by atoms with van der Waals surface area (Å²) in [5, 5.41) is 24.8. The fourth-order valence-electron chi connectivity index (χ4n) is 1.98. The minimum atomic E-state index is -0.504. The minimum absolute atomic E-state index is 0.0803. The Morgan fingerprint density at radius 2 is 2.00 bits per heavy atom. The van der Waals surface area contributed by atoms with Gasteiger partial charge in [-0.25, -0.2) is 4.68 Å². The van der Waals surface area contributed by atoms with Crippen LogP contribution in [0.25, 0.3) is 5.69 Å². The van der Waals surface area contributed by atoms with E-state index >= 15 is 0 Å². The summed E-state index contributed by atoms with van der Waals surface area (Å²) in [5.74, 6) is 0. The smallest absolute Gasteiger partial charge is 0.258 e. The van der Waals surface area contributed by atoms with Gasteiger partial charge in [0, 0.05) is 11.5 Å². The maximum Gasteiger partial charge on any atom is 0.294 e. The summed E-state index contributed by atoms with van der Waals surface area (Å²) in [6.45, 7) is 5.70. The van der Waals surface area contributed by atoms with E-state index in [1.807, 2.05) is 26.8 Å². The number of halogens is 1. The van der Waals surface area contributed by atoms with E-state index in [1.165, 1.54) is 10.7 Å². The quantitative estimate of drug-likeness (QED) is 0.626. The van der Waals surface area contributed by atoms with Crippen molar-refractivity contribution in [1.82, 2.24) is 9.78 Å². The van der Waals surface area contributed by atoms with Gasteiger partial charge in [0.1, 0.15) is 17.3 Å². The average Bonchev–Trinajstić information content (AvgIpc) is 2.75. The van der Waals surface area contributed by atoms with E-state index < -0.39 is 10.3 Å². The second kappa shape index (κ2) is 5.19. The van der Waals surface area contributed by atoms with Crippen molar-refractivity contribution in [3.8, 4) is 11.8 Å². The monoisotopic (exact) mass is 304 g/mol. The zero-order chi connectivity index (χ0) is 15.8. The Morgan fingerprint density at radius 1 is 1.38 bits per heavy atom. The molecule has 2 rings (SSSR count). The third-order valence-corrected chi connectivity index (χ3v) is 3.31. The molecule has 0 aliphatic heterocycles. The highest BCUT2D eigenvalue weighted by molar-refractivity contribution is 6.31. The first-order valence-corrected chi connectivity index (χ1v) is 6.58. The van der Waals surface area contributed by atoms with Gasteiger partial charge in [-0.15, -0.1) is 0 Å². The molecule has 0 aliphatic rings. The molecule has 1 aromatic heterocycles. The molecule has 0 unspecified atom stereocenters. The van der Waals surface area contributed by atoms with Crippen molar-refractivity contribution in [3.05, 3.63) is 50.8 Å². The highest BCUT2D eigenvalue weighted by Gasteiger charge is 2.28. The van der Waals surface area contributed by atoms with Crippen LogP contribution in [0, 0.1) is 21.4 Å². The molecule has 108 valence electrons. The Hall–Kier alpha value is -2.39. The summed E-state index contributed by atoms with van der Waals surface area (Å²) in [5.41, 5.74) is 0.464. The Labute approximate surface area is 126 Å². The van der Waals surface area contributed by atoms with E-state index in [0.29, 0.717) is 5.69 Å². The van der Waals surface area contributed by atoms with Crippen molar-refractivity contribution >= 4 is 17.3 Å². The lowest BCUT2D eigenvalue weighted by Crippen LogP contribution is -2.14. The highest BCUT2D eigenvalue weighted by atomic mass is 35.5. The van der Waals surface area contributed by atoms with Gasteiger partial charge in [-0.1, -0.05) is 44.5 Å². The standard InChI is InChI=1S/C14H13ClN4O2/c1-14(2,3)12-9(8-16)13(15)18(17-12)10-6-4-5-7-11(10)19(20)21/h4-7H,1-3H3. The molecule has 21 heavy (non-hydrogen) atoms. The van der Waals surface area contributed by atoms with Gasteiger partial charge in [0.25, 0.3) is 5.69 Å². The number of nitrogens with zero attached hydrogens (tertiary/aromatic N) is 4. The predicted molar refractivity (Wildman–Crippen MR) is 78.6 cm³/mol. The number of rotatable bonds is 2. The van der Waals surface area contributed by atoms with Crippen LogP contribution >= 0.6 is 11.6 Å². The number of nitro benzene ring substituents is 1. The number of nitriles is 1. The molecule has 0 saturated heterocycles. The van der Waals surface area contributed by atoms with E-state index in [0.717, 1.165) is 0 Å². The van der Waals surface area contributed by atoms with Crippen molar-refractivity contribution in [1.29, 1.82) is 5.26 Å². The van der Waals surface area contributed by atoms with Gasteiger partial charge in [0.05, 0.1) is 10.6 Å². The van der Waals surface area contributed by atoms with Gasteiger partial charge in [0.2, 0.25) is 0 Å². The third-order valence-electron chi connectivity index (χ3n) is 2.96. The summed E-state index contributed by atoms with van der Waals surface area (Å²) in [7, 11) is 0. The second-order valence-corrected chi connectivity index (χ2v) is 5.89. The minimum Gasteiger partial charge on any atom is -0.258 e. The predicted octanol–water partition coefficient (Wildman–Crippen LogP) is 3.60. The molecule has 0 saturated carbocycles. The SMILES string of the molecule is CC(C)(C)c1nn(-c2ccccc2[N+](=O)[O-])c(Cl)c1C#N. The zero-order valence-electron chi connectivity index (χ0n) is 11.8. The lowest BCUT2D eigenvalue weighted by molar-refractivity contribution is -0.384. The van der Waals surface area contributed by atoms with Crippen LogP contribution in [0.1, 0.15) is 32.0 Å². The van der Waals surface area contributed by atoms with E-state index in [4.69, 9.17) is 11.6 Å². The van der Waals surface area contributed by atoms with E-state index in [2.05, 4.69) is 5.10 Å². The molecular weight excluding hydrogens is 292 g/mol. The van der Waals surface area contributed by atoms with Crippen LogP contribution in [0.5, 0.6) is 0 Å². The largest absolute Gasteiger partial charge is 0.294 e. The van der Waals surface area contributed by atoms with Crippen molar-refractivity contribution in [2.24, 2.45) is 0 Å². The van der Waals surface area contributed by atoms with Gasteiger partial charge in [-0.05, 0) is 6.07 Å². The Kier molecular flexibility index (Phi) is 3.71. The van der Waals surface area contributed by atoms with Gasteiger partial charge < -0.3 is 0 Å². The van der Waals surface area contributed by atoms with Crippen LogP contribution in [-0.2, 0) is 5.41 Å². The normalized spacial score (nSPS) is 11.2. The number of nitro groups is 1. The van der Waals surface area contributed by atoms with Crippen LogP contribution in [0.2, 0.25) is 5.15 Å². The number of hydrogen-bond acceptors (Lipinski definition) is 4. The van der Waals surface area contributed by atoms with Crippen LogP contribution in [0.4, 0.5) is 5.69 Å². The fraction of sp³-hybridized carbons (Fsp3) is 0.286. The van der Waals surface area contributed by atoms with Crippen molar-refractivity contribution in [2.45, 2.75) is 26.2 Å². The first-order chi connectivity index (χ1) is 9.77. The molecule has 0 amide bonds. The summed E-state index contributed by atoms with van der Waals surface area (Å²) in [6.07, 6.45) is 0. The molecule has 6 nitrogen and oxygen atoms in total. The summed E-state index contributed by atoms with van der Waals surface area (Å²) >= 11 is 6.20. The van der Waals surface area contributed by atoms with Crippen LogP contribution < -0.4 is 0 Å². The van der Waals surface area contributed by atoms with Crippen molar-refractivity contribution < 1.29 is 4.92 Å². The van der Waals surface area contributed by atoms with E-state index in [-0.39, 0.29) is 22.1 Å². The molecule has 0 radical (unpaired) electrons. The van der Waals surface area contributed by atoms with E-state index in [1.54, 1.807) is 18.2 Å². The molecule has 0 fully saturated rings. The van der Waals surface area contributed by atoms with Crippen molar-refractivity contribution in [3.63, 3.8) is 0 Å². The number of benzene rings is 1. The molecule has 0 bridgehead atoms. The maximum atomic E-state index is 11.1. The third kappa shape index (κ3) is 2.60. The average molecular weight is 305 g/mol. The van der Waals surface area contributed by atoms with Crippen molar-refractivity contribution in [2.75, 3.05) is 0 Å². The Bertz CT molecular complexity index is 753.